The summed E-state index contributed by atoms with van der Waals surface area (Å²) in [6, 6.07) is 5.02. The van der Waals surface area contributed by atoms with E-state index in [-0.39, 0.29) is 0 Å². The molecule has 0 aliphatic carbocycles. The van der Waals surface area contributed by atoms with Gasteiger partial charge >= 0.3 is 0 Å². The van der Waals surface area contributed by atoms with Gasteiger partial charge in [0.05, 0.1) is 7.11 Å². The molecule has 0 spiro atoms. The third kappa shape index (κ3) is 1.37. The van der Waals surface area contributed by atoms with Gasteiger partial charge in [0.25, 0.3) is 0 Å². The highest BCUT2D eigenvalue weighted by molar-refractivity contribution is 5.42. The first-order valence-electron chi connectivity index (χ1n) is 3.69. The highest BCUT2D eigenvalue weighted by Crippen LogP contribution is 2.22. The van der Waals surface area contributed by atoms with Crippen molar-refractivity contribution in [3.05, 3.63) is 28.8 Å². The summed E-state index contributed by atoms with van der Waals surface area (Å²) in [5, 5.41) is 0. The van der Waals surface area contributed by atoms with Gasteiger partial charge < -0.3 is 4.74 Å². The summed E-state index contributed by atoms with van der Waals surface area (Å²) in [5.74, 6) is 0.924. The molecule has 0 atom stereocenters. The van der Waals surface area contributed by atoms with Gasteiger partial charge in [0.2, 0.25) is 0 Å². The summed E-state index contributed by atoms with van der Waals surface area (Å²) in [5.41, 5.74) is 3.68. The molecule has 0 N–H and O–H groups in total. The van der Waals surface area contributed by atoms with Crippen molar-refractivity contribution in [3.8, 4) is 5.75 Å². The van der Waals surface area contributed by atoms with E-state index in [9.17, 15) is 0 Å². The molecule has 0 aliphatic rings. The summed E-state index contributed by atoms with van der Waals surface area (Å²) in [6.07, 6.45) is 0. The molecule has 0 aromatic heterocycles. The molecular weight excluding hydrogens is 136 g/mol. The van der Waals surface area contributed by atoms with Crippen LogP contribution in [-0.2, 0) is 0 Å². The zero-order valence-corrected chi connectivity index (χ0v) is 7.49. The molecule has 0 saturated carbocycles. The summed E-state index contributed by atoms with van der Waals surface area (Å²) in [7, 11) is 1.69. The zero-order valence-electron chi connectivity index (χ0n) is 7.49. The smallest absolute Gasteiger partial charge is 0.122 e. The van der Waals surface area contributed by atoms with E-state index in [1.54, 1.807) is 7.11 Å². The SMILES string of the molecule is COc1c[c]c(C)c(C)c1C. The van der Waals surface area contributed by atoms with E-state index in [2.05, 4.69) is 26.8 Å². The first-order chi connectivity index (χ1) is 5.16. The number of hydrogen-bond donors (Lipinski definition) is 0. The molecule has 0 heterocycles. The normalized spacial score (nSPS) is 9.82. The number of ether oxygens (including phenoxy) is 1. The molecule has 0 bridgehead atoms. The Kier molecular flexibility index (Phi) is 2.18. The molecule has 59 valence electrons. The van der Waals surface area contributed by atoms with Crippen LogP contribution in [0, 0.1) is 26.8 Å². The van der Waals surface area contributed by atoms with Crippen LogP contribution in [0.1, 0.15) is 16.7 Å². The molecule has 1 rings (SSSR count). The Balaban J connectivity index is 3.25. The minimum absolute atomic E-state index is 0.924. The van der Waals surface area contributed by atoms with Gasteiger partial charge in [0.15, 0.2) is 0 Å². The van der Waals surface area contributed by atoms with E-state index in [0.717, 1.165) is 5.75 Å². The van der Waals surface area contributed by atoms with E-state index in [1.807, 2.05) is 6.07 Å². The van der Waals surface area contributed by atoms with Crippen LogP contribution < -0.4 is 4.74 Å². The van der Waals surface area contributed by atoms with Gasteiger partial charge in [-0.1, -0.05) is 0 Å². The fourth-order valence-electron chi connectivity index (χ4n) is 1.07. The molecule has 11 heavy (non-hydrogen) atoms. The van der Waals surface area contributed by atoms with Crippen molar-refractivity contribution in [1.29, 1.82) is 0 Å². The lowest BCUT2D eigenvalue weighted by atomic mass is 10.0. The Hall–Kier alpha value is -0.980. The van der Waals surface area contributed by atoms with Crippen molar-refractivity contribution >= 4 is 0 Å². The van der Waals surface area contributed by atoms with Gasteiger partial charge in [-0.2, -0.15) is 0 Å². The van der Waals surface area contributed by atoms with E-state index in [0.29, 0.717) is 0 Å². The monoisotopic (exact) mass is 149 g/mol. The second-order valence-electron chi connectivity index (χ2n) is 2.73. The van der Waals surface area contributed by atoms with Gasteiger partial charge in [-0.05, 0) is 49.6 Å². The van der Waals surface area contributed by atoms with Gasteiger partial charge in [0.1, 0.15) is 5.75 Å². The minimum Gasteiger partial charge on any atom is -0.496 e. The fraction of sp³-hybridized carbons (Fsp3) is 0.400. The number of methoxy groups -OCH3 is 1. The van der Waals surface area contributed by atoms with E-state index < -0.39 is 0 Å². The van der Waals surface area contributed by atoms with Gasteiger partial charge in [0, 0.05) is 0 Å². The molecule has 0 fully saturated rings. The van der Waals surface area contributed by atoms with Crippen molar-refractivity contribution in [3.63, 3.8) is 0 Å². The molecule has 1 aromatic carbocycles. The van der Waals surface area contributed by atoms with E-state index >= 15 is 0 Å². The predicted molar refractivity (Wildman–Crippen MR) is 46.0 cm³/mol. The molecular formula is C10H13O. The largest absolute Gasteiger partial charge is 0.496 e. The van der Waals surface area contributed by atoms with E-state index in [1.165, 1.54) is 16.7 Å². The van der Waals surface area contributed by atoms with Crippen LogP contribution in [0.25, 0.3) is 0 Å². The molecule has 0 aliphatic heterocycles. The second kappa shape index (κ2) is 2.95. The number of aryl methyl sites for hydroxylation is 1. The third-order valence-corrected chi connectivity index (χ3v) is 2.13. The molecule has 1 heteroatoms. The Labute approximate surface area is 68.0 Å². The number of rotatable bonds is 1. The third-order valence-electron chi connectivity index (χ3n) is 2.13. The predicted octanol–water partition coefficient (Wildman–Crippen LogP) is 2.42. The lowest BCUT2D eigenvalue weighted by Gasteiger charge is -2.08. The van der Waals surface area contributed by atoms with Crippen LogP contribution in [-0.4, -0.2) is 7.11 Å². The number of hydrogen-bond acceptors (Lipinski definition) is 1. The summed E-state index contributed by atoms with van der Waals surface area (Å²) in [6.45, 7) is 6.21. The standard InChI is InChI=1S/C10H13O/c1-7-5-6-10(11-4)9(3)8(7)2/h6H,1-4H3. The van der Waals surface area contributed by atoms with Crippen LogP contribution in [0.2, 0.25) is 0 Å². The molecule has 0 unspecified atom stereocenters. The van der Waals surface area contributed by atoms with E-state index in [4.69, 9.17) is 4.74 Å². The van der Waals surface area contributed by atoms with Crippen LogP contribution in [0.15, 0.2) is 6.07 Å². The molecule has 1 radical (unpaired) electrons. The van der Waals surface area contributed by atoms with Crippen LogP contribution in [0.5, 0.6) is 5.75 Å². The van der Waals surface area contributed by atoms with Gasteiger partial charge in [-0.3, -0.25) is 0 Å². The van der Waals surface area contributed by atoms with Crippen molar-refractivity contribution in [2.75, 3.05) is 7.11 Å². The Morgan fingerprint density at radius 1 is 1.18 bits per heavy atom. The Morgan fingerprint density at radius 3 is 2.36 bits per heavy atom. The molecule has 0 amide bonds. The zero-order chi connectivity index (χ0) is 8.43. The van der Waals surface area contributed by atoms with Crippen LogP contribution >= 0.6 is 0 Å². The second-order valence-corrected chi connectivity index (χ2v) is 2.73. The highest BCUT2D eigenvalue weighted by Gasteiger charge is 2.02. The van der Waals surface area contributed by atoms with Crippen LogP contribution in [0.3, 0.4) is 0 Å². The molecule has 1 nitrogen and oxygen atoms in total. The fourth-order valence-corrected chi connectivity index (χ4v) is 1.07. The Bertz CT molecular complexity index is 264. The average Bonchev–Trinajstić information content (AvgIpc) is 2.01. The summed E-state index contributed by atoms with van der Waals surface area (Å²) < 4.78 is 5.15. The average molecular weight is 149 g/mol. The van der Waals surface area contributed by atoms with Gasteiger partial charge in [-0.25, -0.2) is 0 Å². The maximum atomic E-state index is 5.15. The quantitative estimate of drug-likeness (QED) is 0.595. The van der Waals surface area contributed by atoms with Crippen molar-refractivity contribution in [2.24, 2.45) is 0 Å². The van der Waals surface area contributed by atoms with Crippen molar-refractivity contribution in [2.45, 2.75) is 20.8 Å². The summed E-state index contributed by atoms with van der Waals surface area (Å²) in [4.78, 5) is 0. The number of benzene rings is 1. The topological polar surface area (TPSA) is 9.23 Å². The Morgan fingerprint density at radius 2 is 1.82 bits per heavy atom. The summed E-state index contributed by atoms with van der Waals surface area (Å²) >= 11 is 0. The molecule has 0 saturated heterocycles. The maximum Gasteiger partial charge on any atom is 0.122 e. The first kappa shape index (κ1) is 8.12. The van der Waals surface area contributed by atoms with Crippen molar-refractivity contribution < 1.29 is 4.74 Å². The van der Waals surface area contributed by atoms with Crippen molar-refractivity contribution in [1.82, 2.24) is 0 Å². The maximum absolute atomic E-state index is 5.15. The lowest BCUT2D eigenvalue weighted by molar-refractivity contribution is 0.411. The highest BCUT2D eigenvalue weighted by atomic mass is 16.5. The molecule has 1 aromatic rings. The minimum atomic E-state index is 0.924. The van der Waals surface area contributed by atoms with Gasteiger partial charge in [-0.15, -0.1) is 0 Å². The lowest BCUT2D eigenvalue weighted by Crippen LogP contribution is -1.92. The van der Waals surface area contributed by atoms with Crippen LogP contribution in [0.4, 0.5) is 0 Å². The first-order valence-corrected chi connectivity index (χ1v) is 3.69.